The van der Waals surface area contributed by atoms with Gasteiger partial charge >= 0.3 is 0 Å². The van der Waals surface area contributed by atoms with Gasteiger partial charge in [-0.2, -0.15) is 4.31 Å². The van der Waals surface area contributed by atoms with Crippen LogP contribution in [0.1, 0.15) is 30.7 Å². The Kier molecular flexibility index (Phi) is 4.11. The third-order valence-electron chi connectivity index (χ3n) is 4.96. The van der Waals surface area contributed by atoms with Crippen molar-refractivity contribution < 1.29 is 13.2 Å². The van der Waals surface area contributed by atoms with Crippen LogP contribution in [0.2, 0.25) is 0 Å². The molecule has 2 aromatic rings. The summed E-state index contributed by atoms with van der Waals surface area (Å²) in [7, 11) is -3.64. The van der Waals surface area contributed by atoms with Crippen LogP contribution >= 0.6 is 22.7 Å². The summed E-state index contributed by atoms with van der Waals surface area (Å²) in [6, 6.07) is 2.92. The van der Waals surface area contributed by atoms with Gasteiger partial charge in [0.05, 0.1) is 21.6 Å². The maximum Gasteiger partial charge on any atom is 0.253 e. The highest BCUT2D eigenvalue weighted by Gasteiger charge is 2.49. The summed E-state index contributed by atoms with van der Waals surface area (Å²) >= 11 is 2.79. The topological polar surface area (TPSA) is 67.3 Å². The molecule has 2 aromatic heterocycles. The monoisotopic (exact) mass is 382 g/mol. The van der Waals surface area contributed by atoms with Gasteiger partial charge in [-0.15, -0.1) is 22.7 Å². The van der Waals surface area contributed by atoms with E-state index in [9.17, 15) is 13.2 Å². The lowest BCUT2D eigenvalue weighted by Crippen LogP contribution is -2.41. The first-order valence-electron chi connectivity index (χ1n) is 8.02. The molecule has 3 atom stereocenters. The molecule has 1 saturated carbocycles. The van der Waals surface area contributed by atoms with Crippen molar-refractivity contribution in [2.45, 2.75) is 48.9 Å². The van der Waals surface area contributed by atoms with Gasteiger partial charge in [0, 0.05) is 11.4 Å². The van der Waals surface area contributed by atoms with Gasteiger partial charge in [0.15, 0.2) is 0 Å². The first-order valence-corrected chi connectivity index (χ1v) is 11.2. The molecule has 8 heteroatoms. The predicted molar refractivity (Wildman–Crippen MR) is 94.8 cm³/mol. The largest absolute Gasteiger partial charge is 0.302 e. The van der Waals surface area contributed by atoms with Gasteiger partial charge in [0.2, 0.25) is 0 Å². The molecule has 1 aliphatic heterocycles. The average Bonchev–Trinajstić information content (AvgIpc) is 3.29. The fourth-order valence-electron chi connectivity index (χ4n) is 3.94. The van der Waals surface area contributed by atoms with Gasteiger partial charge in [-0.05, 0) is 44.2 Å². The number of carbonyl (C=O) groups is 1. The lowest BCUT2D eigenvalue weighted by Gasteiger charge is -2.25. The quantitative estimate of drug-likeness (QED) is 0.761. The van der Waals surface area contributed by atoms with Crippen molar-refractivity contribution in [3.63, 3.8) is 0 Å². The number of aryl methyl sites for hydroxylation is 1. The summed E-state index contributed by atoms with van der Waals surface area (Å²) in [5, 5.41) is 2.89. The summed E-state index contributed by atoms with van der Waals surface area (Å²) in [6.45, 7) is 1.93. The van der Waals surface area contributed by atoms with E-state index in [-0.39, 0.29) is 6.04 Å². The third kappa shape index (κ3) is 2.56. The Morgan fingerprint density at radius 2 is 2.17 bits per heavy atom. The van der Waals surface area contributed by atoms with E-state index < -0.39 is 16.1 Å². The molecule has 0 amide bonds. The van der Waals surface area contributed by atoms with E-state index in [1.807, 2.05) is 18.4 Å². The molecule has 0 N–H and O–H groups in total. The zero-order valence-electron chi connectivity index (χ0n) is 13.2. The number of aromatic nitrogens is 1. The standard InChI is InChI=1S/C16H18N2O3S3/c1-10-17-13(9-22-10)15-5-6-16(23-15)24(20,21)18-12(8-19)7-11-3-2-4-14(11)18/h5-6,8-9,11-12,14H,2-4,7H2,1H3/t11-,12-,14-/m1/s1. The second-order valence-electron chi connectivity index (χ2n) is 6.40. The Morgan fingerprint density at radius 3 is 2.88 bits per heavy atom. The van der Waals surface area contributed by atoms with Gasteiger partial charge in [-0.25, -0.2) is 13.4 Å². The molecule has 2 fully saturated rings. The number of fused-ring (bicyclic) bond motifs is 1. The molecule has 3 heterocycles. The third-order valence-corrected chi connectivity index (χ3v) is 9.26. The fraction of sp³-hybridized carbons (Fsp3) is 0.500. The minimum atomic E-state index is -3.64. The molecule has 2 aliphatic rings. The molecule has 0 spiro atoms. The molecule has 0 aromatic carbocycles. The molecule has 1 saturated heterocycles. The Morgan fingerprint density at radius 1 is 1.33 bits per heavy atom. The lowest BCUT2D eigenvalue weighted by atomic mass is 10.0. The number of thiophene rings is 1. The minimum absolute atomic E-state index is 0.0164. The van der Waals surface area contributed by atoms with Crippen LogP contribution in [0.15, 0.2) is 21.7 Å². The zero-order chi connectivity index (χ0) is 16.9. The van der Waals surface area contributed by atoms with Crippen molar-refractivity contribution >= 4 is 39.0 Å². The van der Waals surface area contributed by atoms with Gasteiger partial charge in [0.1, 0.15) is 10.5 Å². The minimum Gasteiger partial charge on any atom is -0.302 e. The number of nitrogens with zero attached hydrogens (tertiary/aromatic N) is 2. The van der Waals surface area contributed by atoms with Crippen molar-refractivity contribution in [3.8, 4) is 10.6 Å². The lowest BCUT2D eigenvalue weighted by molar-refractivity contribution is -0.110. The average molecular weight is 383 g/mol. The summed E-state index contributed by atoms with van der Waals surface area (Å²) in [5.41, 5.74) is 0.816. The summed E-state index contributed by atoms with van der Waals surface area (Å²) in [5.74, 6) is 0.329. The summed E-state index contributed by atoms with van der Waals surface area (Å²) in [6.07, 6.45) is 4.39. The van der Waals surface area contributed by atoms with Crippen molar-refractivity contribution in [2.75, 3.05) is 0 Å². The van der Waals surface area contributed by atoms with Crippen LogP contribution in [0.5, 0.6) is 0 Å². The van der Waals surface area contributed by atoms with Crippen LogP contribution < -0.4 is 0 Å². The number of sulfonamides is 1. The fourth-order valence-corrected chi connectivity index (χ4v) is 7.84. The van der Waals surface area contributed by atoms with Gasteiger partial charge in [0.25, 0.3) is 10.0 Å². The molecule has 0 bridgehead atoms. The predicted octanol–water partition coefficient (Wildman–Crippen LogP) is 3.31. The highest BCUT2D eigenvalue weighted by Crippen LogP contribution is 2.44. The molecule has 1 aliphatic carbocycles. The number of hydrogen-bond donors (Lipinski definition) is 0. The van der Waals surface area contributed by atoms with Crippen LogP contribution in [0.4, 0.5) is 0 Å². The smallest absolute Gasteiger partial charge is 0.253 e. The maximum absolute atomic E-state index is 13.2. The molecule has 4 rings (SSSR count). The number of aldehydes is 1. The molecule has 0 unspecified atom stereocenters. The number of thiazole rings is 1. The van der Waals surface area contributed by atoms with Gasteiger partial charge in [-0.3, -0.25) is 0 Å². The summed E-state index contributed by atoms with van der Waals surface area (Å²) < 4.78 is 28.1. The van der Waals surface area contributed by atoms with E-state index in [1.54, 1.807) is 17.4 Å². The van der Waals surface area contributed by atoms with Crippen molar-refractivity contribution in [2.24, 2.45) is 5.92 Å². The Labute approximate surface area is 149 Å². The van der Waals surface area contributed by atoms with Crippen molar-refractivity contribution in [1.29, 1.82) is 0 Å². The van der Waals surface area contributed by atoms with Crippen molar-refractivity contribution in [1.82, 2.24) is 9.29 Å². The molecule has 24 heavy (non-hydrogen) atoms. The molecule has 0 radical (unpaired) electrons. The van der Waals surface area contributed by atoms with Crippen LogP contribution in [-0.4, -0.2) is 36.1 Å². The van der Waals surface area contributed by atoms with E-state index in [2.05, 4.69) is 4.98 Å². The normalized spacial score (nSPS) is 27.5. The van der Waals surface area contributed by atoms with Crippen LogP contribution in [0.25, 0.3) is 10.6 Å². The maximum atomic E-state index is 13.2. The Bertz CT molecular complexity index is 871. The van der Waals surface area contributed by atoms with E-state index in [0.29, 0.717) is 16.5 Å². The molecule has 128 valence electrons. The van der Waals surface area contributed by atoms with Crippen molar-refractivity contribution in [3.05, 3.63) is 22.5 Å². The van der Waals surface area contributed by atoms with Crippen LogP contribution in [-0.2, 0) is 14.8 Å². The number of rotatable bonds is 4. The summed E-state index contributed by atoms with van der Waals surface area (Å²) in [4.78, 5) is 16.7. The molecular weight excluding hydrogens is 364 g/mol. The highest BCUT2D eigenvalue weighted by atomic mass is 32.2. The first kappa shape index (κ1) is 16.4. The van der Waals surface area contributed by atoms with E-state index in [1.165, 1.54) is 15.6 Å². The van der Waals surface area contributed by atoms with Crippen LogP contribution in [0, 0.1) is 12.8 Å². The first-order chi connectivity index (χ1) is 11.5. The number of carbonyl (C=O) groups excluding carboxylic acids is 1. The Balaban J connectivity index is 1.70. The molecule has 5 nitrogen and oxygen atoms in total. The highest BCUT2D eigenvalue weighted by molar-refractivity contribution is 7.91. The van der Waals surface area contributed by atoms with Crippen LogP contribution in [0.3, 0.4) is 0 Å². The van der Waals surface area contributed by atoms with E-state index in [4.69, 9.17) is 0 Å². The van der Waals surface area contributed by atoms with E-state index >= 15 is 0 Å². The van der Waals surface area contributed by atoms with Gasteiger partial charge < -0.3 is 4.79 Å². The number of hydrogen-bond acceptors (Lipinski definition) is 6. The zero-order valence-corrected chi connectivity index (χ0v) is 15.7. The second-order valence-corrected chi connectivity index (χ2v) is 10.6. The Hall–Kier alpha value is -1.09. The molecular formula is C16H18N2O3S3. The van der Waals surface area contributed by atoms with E-state index in [0.717, 1.165) is 41.1 Å². The van der Waals surface area contributed by atoms with Gasteiger partial charge in [-0.1, -0.05) is 6.42 Å². The second kappa shape index (κ2) is 6.01. The SMILES string of the molecule is Cc1nc(-c2ccc(S(=O)(=O)N3[C@@H]4CCC[C@@H]4C[C@@H]3C=O)s2)cs1.